The van der Waals surface area contributed by atoms with Crippen molar-refractivity contribution in [1.29, 1.82) is 0 Å². The minimum Gasteiger partial charge on any atom is -0.508 e. The Bertz CT molecular complexity index is 1000. The first-order chi connectivity index (χ1) is 16.7. The number of methoxy groups -OCH3 is 1. The number of hydrogen-bond donors (Lipinski definition) is 2. The second-order valence-corrected chi connectivity index (χ2v) is 6.78. The molecule has 6 heteroatoms. The molecule has 0 heterocycles. The Morgan fingerprint density at radius 1 is 1.11 bits per heavy atom. The average molecular weight is 483 g/mol. The number of benzene rings is 1. The number of phenols is 1. The molecule has 0 saturated carbocycles. The number of phenolic OH excluding ortho intramolecular Hbond substituents is 1. The Hall–Kier alpha value is -3.93. The minimum absolute atomic E-state index is 0.0282. The van der Waals surface area contributed by atoms with E-state index in [1.807, 2.05) is 32.9 Å². The third kappa shape index (κ3) is 12.2. The summed E-state index contributed by atoms with van der Waals surface area (Å²) in [6.07, 6.45) is 12.4. The molecule has 0 saturated heterocycles. The van der Waals surface area contributed by atoms with E-state index in [0.29, 0.717) is 35.2 Å². The number of carbonyl (C=O) groups is 3. The van der Waals surface area contributed by atoms with Gasteiger partial charge in [-0.05, 0) is 75.1 Å². The normalized spacial score (nSPS) is 12.1. The molecule has 2 N–H and O–H groups in total. The maximum atomic E-state index is 11.9. The second kappa shape index (κ2) is 19.5. The van der Waals surface area contributed by atoms with Crippen LogP contribution in [0.15, 0.2) is 84.0 Å². The molecule has 6 nitrogen and oxygen atoms in total. The molecule has 1 rings (SSSR count). The summed E-state index contributed by atoms with van der Waals surface area (Å²) < 4.78 is 5.45. The molecule has 0 aromatic heterocycles. The molecule has 0 amide bonds. The van der Waals surface area contributed by atoms with Crippen LogP contribution in [0.25, 0.3) is 5.57 Å². The zero-order valence-electron chi connectivity index (χ0n) is 21.8. The number of rotatable bonds is 10. The topological polar surface area (TPSA) is 101 Å². The maximum absolute atomic E-state index is 11.9. The molecule has 0 fully saturated rings. The Morgan fingerprint density at radius 3 is 2.14 bits per heavy atom. The lowest BCUT2D eigenvalue weighted by Gasteiger charge is -2.20. The molecule has 0 bridgehead atoms. The van der Waals surface area contributed by atoms with E-state index in [1.54, 1.807) is 25.1 Å². The predicted octanol–water partition coefficient (Wildman–Crippen LogP) is 6.64. The number of Topliss-reactive ketones (excluding diaryl/α,β-unsaturated/α-hetero) is 1. The zero-order chi connectivity index (χ0) is 27.4. The van der Waals surface area contributed by atoms with Crippen molar-refractivity contribution < 1.29 is 29.3 Å². The van der Waals surface area contributed by atoms with Crippen molar-refractivity contribution in [3.05, 3.63) is 89.6 Å². The third-order valence-electron chi connectivity index (χ3n) is 4.06. The number of carbonyl (C=O) groups excluding carboxylic acids is 2. The molecule has 0 aliphatic rings. The van der Waals surface area contributed by atoms with Gasteiger partial charge in [-0.3, -0.25) is 4.79 Å². The van der Waals surface area contributed by atoms with E-state index in [9.17, 15) is 24.6 Å². The van der Waals surface area contributed by atoms with Crippen molar-refractivity contribution in [3.63, 3.8) is 0 Å². The second-order valence-electron chi connectivity index (χ2n) is 6.78. The SMILES string of the molecule is C=C\C=C(C(=O)O)/C(=C\C)C(=C(/C=C\C)C/C=C\C=O)/c1ccc(O)cc1OC.CC.CC(C)=O. The molecule has 0 spiro atoms. The van der Waals surface area contributed by atoms with Crippen molar-refractivity contribution in [1.82, 2.24) is 0 Å². The molecule has 1 aromatic rings. The fourth-order valence-electron chi connectivity index (χ4n) is 2.91. The van der Waals surface area contributed by atoms with E-state index >= 15 is 0 Å². The van der Waals surface area contributed by atoms with Crippen LogP contribution in [0.1, 0.15) is 53.5 Å². The van der Waals surface area contributed by atoms with Crippen LogP contribution in [0, 0.1) is 0 Å². The van der Waals surface area contributed by atoms with Gasteiger partial charge in [-0.25, -0.2) is 4.79 Å². The van der Waals surface area contributed by atoms with Gasteiger partial charge in [0.25, 0.3) is 0 Å². The molecular weight excluding hydrogens is 444 g/mol. The van der Waals surface area contributed by atoms with Crippen LogP contribution in [0.4, 0.5) is 0 Å². The van der Waals surface area contributed by atoms with Gasteiger partial charge >= 0.3 is 5.97 Å². The van der Waals surface area contributed by atoms with Crippen molar-refractivity contribution in [2.45, 2.75) is 48.0 Å². The van der Waals surface area contributed by atoms with Crippen LogP contribution in [0.2, 0.25) is 0 Å². The highest BCUT2D eigenvalue weighted by Gasteiger charge is 2.22. The summed E-state index contributed by atoms with van der Waals surface area (Å²) in [6.45, 7) is 14.3. The Balaban J connectivity index is 0. The molecule has 0 unspecified atom stereocenters. The van der Waals surface area contributed by atoms with Crippen LogP contribution in [0.3, 0.4) is 0 Å². The number of carboxylic acid groups (broad SMARTS) is 1. The number of ether oxygens (including phenoxy) is 1. The summed E-state index contributed by atoms with van der Waals surface area (Å²) in [7, 11) is 1.48. The van der Waals surface area contributed by atoms with E-state index in [-0.39, 0.29) is 17.1 Å². The first kappa shape index (κ1) is 33.2. The molecule has 0 aliphatic heterocycles. The third-order valence-corrected chi connectivity index (χ3v) is 4.06. The minimum atomic E-state index is -1.10. The lowest BCUT2D eigenvalue weighted by atomic mass is 9.86. The molecular formula is C29H38O6. The number of hydrogen-bond acceptors (Lipinski definition) is 5. The monoisotopic (exact) mass is 482 g/mol. The smallest absolute Gasteiger partial charge is 0.336 e. The maximum Gasteiger partial charge on any atom is 0.336 e. The Morgan fingerprint density at radius 2 is 1.71 bits per heavy atom. The van der Waals surface area contributed by atoms with Gasteiger partial charge < -0.3 is 19.7 Å². The van der Waals surface area contributed by atoms with E-state index in [4.69, 9.17) is 4.74 Å². The largest absolute Gasteiger partial charge is 0.508 e. The van der Waals surface area contributed by atoms with Crippen LogP contribution in [-0.2, 0) is 14.4 Å². The van der Waals surface area contributed by atoms with Crippen molar-refractivity contribution in [3.8, 4) is 11.5 Å². The molecule has 190 valence electrons. The predicted molar refractivity (Wildman–Crippen MR) is 144 cm³/mol. The number of allylic oxidation sites excluding steroid dienone is 9. The van der Waals surface area contributed by atoms with Crippen molar-refractivity contribution in [2.75, 3.05) is 7.11 Å². The number of ketones is 1. The summed E-state index contributed by atoms with van der Waals surface area (Å²) in [4.78, 5) is 32.1. The summed E-state index contributed by atoms with van der Waals surface area (Å²) in [5.41, 5.74) is 2.54. The quantitative estimate of drug-likeness (QED) is 0.220. The Kier molecular flexibility index (Phi) is 18.6. The summed E-state index contributed by atoms with van der Waals surface area (Å²) >= 11 is 0. The van der Waals surface area contributed by atoms with Crippen LogP contribution < -0.4 is 4.74 Å². The van der Waals surface area contributed by atoms with Gasteiger partial charge in [0.15, 0.2) is 0 Å². The molecule has 0 atom stereocenters. The van der Waals surface area contributed by atoms with Crippen LogP contribution >= 0.6 is 0 Å². The van der Waals surface area contributed by atoms with Gasteiger partial charge in [0.05, 0.1) is 12.7 Å². The standard InChI is InChI=1S/C24H26O5.C3H6O.C2H6/c1-5-10-17(12-8-9-15-25)23(19(7-3)20(11-6-2)24(27)28)21-14-13-18(26)16-22(21)29-4;1-3(2)4;1-2/h5-11,13-16,26H,2,12H2,1,3-4H3,(H,27,28);1-2H3;1-2H3/b9-8-,10-5-,19-7+,20-11+,23-17+;;. The summed E-state index contributed by atoms with van der Waals surface area (Å²) in [5.74, 6) is -0.513. The first-order valence-electron chi connectivity index (χ1n) is 11.2. The highest BCUT2D eigenvalue weighted by Crippen LogP contribution is 2.39. The lowest BCUT2D eigenvalue weighted by Crippen LogP contribution is -2.08. The van der Waals surface area contributed by atoms with Crippen LogP contribution in [0.5, 0.6) is 11.5 Å². The highest BCUT2D eigenvalue weighted by atomic mass is 16.5. The number of aromatic hydroxyl groups is 1. The molecule has 0 aliphatic carbocycles. The molecule has 1 aromatic carbocycles. The van der Waals surface area contributed by atoms with Gasteiger partial charge in [0.1, 0.15) is 23.6 Å². The van der Waals surface area contributed by atoms with E-state index in [0.717, 1.165) is 5.57 Å². The molecule has 35 heavy (non-hydrogen) atoms. The number of aliphatic carboxylic acids is 1. The van der Waals surface area contributed by atoms with Crippen LogP contribution in [-0.4, -0.2) is 35.4 Å². The summed E-state index contributed by atoms with van der Waals surface area (Å²) in [5, 5.41) is 19.6. The van der Waals surface area contributed by atoms with Gasteiger partial charge in [0.2, 0.25) is 0 Å². The Labute approximate surface area is 209 Å². The van der Waals surface area contributed by atoms with E-state index < -0.39 is 5.97 Å². The summed E-state index contributed by atoms with van der Waals surface area (Å²) in [6, 6.07) is 4.65. The fraction of sp³-hybridized carbons (Fsp3) is 0.276. The van der Waals surface area contributed by atoms with Crippen molar-refractivity contribution in [2.24, 2.45) is 0 Å². The fourth-order valence-corrected chi connectivity index (χ4v) is 2.91. The lowest BCUT2D eigenvalue weighted by molar-refractivity contribution is -0.132. The van der Waals surface area contributed by atoms with Gasteiger partial charge in [-0.15, -0.1) is 0 Å². The number of carboxylic acids is 1. The zero-order valence-corrected chi connectivity index (χ0v) is 21.8. The average Bonchev–Trinajstić information content (AvgIpc) is 2.82. The van der Waals surface area contributed by atoms with Gasteiger partial charge in [-0.2, -0.15) is 0 Å². The van der Waals surface area contributed by atoms with Crippen molar-refractivity contribution >= 4 is 23.6 Å². The first-order valence-corrected chi connectivity index (χ1v) is 11.2. The van der Waals surface area contributed by atoms with E-state index in [2.05, 4.69) is 6.58 Å². The number of aldehydes is 1. The van der Waals surface area contributed by atoms with Gasteiger partial charge in [0, 0.05) is 11.6 Å². The van der Waals surface area contributed by atoms with E-state index in [1.165, 1.54) is 51.3 Å². The highest BCUT2D eigenvalue weighted by molar-refractivity contribution is 6.02. The molecule has 0 radical (unpaired) electrons. The van der Waals surface area contributed by atoms with Gasteiger partial charge in [-0.1, -0.05) is 50.8 Å².